The van der Waals surface area contributed by atoms with E-state index < -0.39 is 0 Å². The van der Waals surface area contributed by atoms with Gasteiger partial charge in [0.2, 0.25) is 0 Å². The van der Waals surface area contributed by atoms with Crippen LogP contribution in [-0.2, 0) is 9.57 Å². The monoisotopic (exact) mass is 404 g/mol. The summed E-state index contributed by atoms with van der Waals surface area (Å²) in [6, 6.07) is 0. The average Bonchev–Trinajstić information content (AvgIpc) is 3.03. The number of likely N-dealkylation sites (N-methyl/N-ethyl adjacent to an activating group) is 1. The Hall–Kier alpha value is -2.19. The van der Waals surface area contributed by atoms with Crippen molar-refractivity contribution in [1.29, 1.82) is 0 Å². The predicted molar refractivity (Wildman–Crippen MR) is 111 cm³/mol. The number of allylic oxidation sites excluding steroid dienone is 3. The largest absolute Gasteiger partial charge is 0.452 e. The van der Waals surface area contributed by atoms with E-state index in [-0.39, 0.29) is 17.1 Å². The lowest BCUT2D eigenvalue weighted by atomic mass is 9.91. The minimum absolute atomic E-state index is 0. The molecule has 0 aromatic carbocycles. The maximum Gasteiger partial charge on any atom is 0.335 e. The van der Waals surface area contributed by atoms with Crippen LogP contribution in [0.4, 0.5) is 5.82 Å². The van der Waals surface area contributed by atoms with E-state index in [0.29, 0.717) is 0 Å². The van der Waals surface area contributed by atoms with Crippen molar-refractivity contribution < 1.29 is 14.2 Å². The fourth-order valence-electron chi connectivity index (χ4n) is 3.92. The van der Waals surface area contributed by atoms with Crippen LogP contribution >= 0.6 is 12.4 Å². The molecule has 1 atom stereocenters. The van der Waals surface area contributed by atoms with Gasteiger partial charge in [-0.05, 0) is 32.5 Å². The molecular formula is C20H27ClN5O2+. The average molecular weight is 405 g/mol. The van der Waals surface area contributed by atoms with E-state index in [0.717, 1.165) is 53.8 Å². The lowest BCUT2D eigenvalue weighted by Gasteiger charge is -2.34. The van der Waals surface area contributed by atoms with Gasteiger partial charge in [0.1, 0.15) is 0 Å². The van der Waals surface area contributed by atoms with Crippen molar-refractivity contribution in [3.05, 3.63) is 51.9 Å². The van der Waals surface area contributed by atoms with Crippen molar-refractivity contribution >= 4 is 30.1 Å². The number of hydrogen-bond acceptors (Lipinski definition) is 6. The van der Waals surface area contributed by atoms with Crippen LogP contribution in [0, 0.1) is 0 Å². The molecule has 28 heavy (non-hydrogen) atoms. The van der Waals surface area contributed by atoms with Crippen LogP contribution in [0.5, 0.6) is 0 Å². The molecule has 0 bridgehead atoms. The molecule has 1 N–H and O–H groups in total. The number of nitrogens with zero attached hydrogens (tertiary/aromatic N) is 4. The molecule has 0 saturated carbocycles. The standard InChI is InChI=1S/C20H26N5O2.ClH/c1-24(2)10-9-21-20-18-15(12-22-23-20)13-25(27-4)17(26-3)11-14-7-5-6-8-16(14)19(18)25;/h6,8,11-13H,5,7,9-10H2,1-4H3,(H,21,23);1H/q+1;. The third kappa shape index (κ3) is 3.14. The van der Waals surface area contributed by atoms with Gasteiger partial charge in [0.05, 0.1) is 30.9 Å². The zero-order valence-electron chi connectivity index (χ0n) is 16.7. The number of ether oxygens (including phenoxy) is 1. The third-order valence-electron chi connectivity index (χ3n) is 5.21. The summed E-state index contributed by atoms with van der Waals surface area (Å²) in [5.74, 6) is 1.53. The minimum atomic E-state index is 0. The first-order valence-corrected chi connectivity index (χ1v) is 9.19. The molecule has 0 radical (unpaired) electrons. The first kappa shape index (κ1) is 20.5. The zero-order chi connectivity index (χ0) is 19.0. The first-order valence-electron chi connectivity index (χ1n) is 9.19. The summed E-state index contributed by atoms with van der Waals surface area (Å²) in [5, 5.41) is 14.1. The summed E-state index contributed by atoms with van der Waals surface area (Å²) in [7, 11) is 7.50. The molecule has 0 fully saturated rings. The van der Waals surface area contributed by atoms with E-state index in [2.05, 4.69) is 52.7 Å². The molecule has 1 aliphatic carbocycles. The Bertz CT molecular complexity index is 983. The highest BCUT2D eigenvalue weighted by molar-refractivity contribution is 5.85. The smallest absolute Gasteiger partial charge is 0.335 e. The SMILES string of the molecule is COC1=CC2=C(C=CCC2)C2=c3c(NCCN(C)C)nncc3=C[N+]12OC.Cl. The number of aromatic nitrogens is 2. The molecule has 0 saturated heterocycles. The number of nitrogens with one attached hydrogen (secondary N) is 1. The lowest BCUT2D eigenvalue weighted by molar-refractivity contribution is -0.962. The van der Waals surface area contributed by atoms with Crippen molar-refractivity contribution in [2.45, 2.75) is 12.8 Å². The van der Waals surface area contributed by atoms with Crippen LogP contribution in [0.2, 0.25) is 0 Å². The number of anilines is 1. The maximum atomic E-state index is 6.03. The summed E-state index contributed by atoms with van der Waals surface area (Å²) < 4.78 is 5.85. The molecule has 7 nitrogen and oxygen atoms in total. The quantitative estimate of drug-likeness (QED) is 0.720. The maximum absolute atomic E-state index is 6.03. The molecule has 4 rings (SSSR count). The molecule has 1 unspecified atom stereocenters. The summed E-state index contributed by atoms with van der Waals surface area (Å²) in [4.78, 5) is 8.16. The second-order valence-corrected chi connectivity index (χ2v) is 7.14. The van der Waals surface area contributed by atoms with Gasteiger partial charge < -0.3 is 15.0 Å². The second kappa shape index (κ2) is 8.05. The van der Waals surface area contributed by atoms with Gasteiger partial charge in [-0.25, -0.2) is 0 Å². The normalized spacial score (nSPS) is 22.0. The van der Waals surface area contributed by atoms with Crippen molar-refractivity contribution in [1.82, 2.24) is 15.1 Å². The van der Waals surface area contributed by atoms with Gasteiger partial charge in [0.15, 0.2) is 17.7 Å². The van der Waals surface area contributed by atoms with Gasteiger partial charge in [-0.1, -0.05) is 16.8 Å². The fourth-order valence-corrected chi connectivity index (χ4v) is 3.92. The van der Waals surface area contributed by atoms with Gasteiger partial charge in [-0.15, -0.1) is 17.5 Å². The van der Waals surface area contributed by atoms with E-state index in [4.69, 9.17) is 9.57 Å². The van der Waals surface area contributed by atoms with Crippen LogP contribution in [0.3, 0.4) is 0 Å². The van der Waals surface area contributed by atoms with Crippen LogP contribution in [0.25, 0.3) is 11.9 Å². The molecule has 0 spiro atoms. The number of hydrogen-bond donors (Lipinski definition) is 1. The van der Waals surface area contributed by atoms with Crippen LogP contribution in [0.15, 0.2) is 41.5 Å². The van der Waals surface area contributed by atoms with Gasteiger partial charge in [0.25, 0.3) is 0 Å². The van der Waals surface area contributed by atoms with Crippen molar-refractivity contribution in [2.24, 2.45) is 0 Å². The van der Waals surface area contributed by atoms with E-state index in [1.54, 1.807) is 20.4 Å². The fraction of sp³-hybridized carbons (Fsp3) is 0.400. The number of hydroxylamine groups is 3. The predicted octanol–water partition coefficient (Wildman–Crippen LogP) is 1.26. The molecule has 3 heterocycles. The Morgan fingerprint density at radius 2 is 2.11 bits per heavy atom. The van der Waals surface area contributed by atoms with Gasteiger partial charge in [0, 0.05) is 24.7 Å². The van der Waals surface area contributed by atoms with E-state index in [1.807, 2.05) is 6.20 Å². The second-order valence-electron chi connectivity index (χ2n) is 7.14. The Balaban J connectivity index is 0.00000225. The minimum Gasteiger partial charge on any atom is -0.452 e. The molecule has 8 heteroatoms. The van der Waals surface area contributed by atoms with Gasteiger partial charge in [-0.3, -0.25) is 0 Å². The molecule has 1 aromatic heterocycles. The Morgan fingerprint density at radius 3 is 2.82 bits per heavy atom. The summed E-state index contributed by atoms with van der Waals surface area (Å²) in [5.41, 5.74) is 3.50. The molecular weight excluding hydrogens is 378 g/mol. The molecule has 2 aliphatic heterocycles. The number of quaternary nitrogens is 1. The highest BCUT2D eigenvalue weighted by atomic mass is 35.5. The van der Waals surface area contributed by atoms with Gasteiger partial charge in [-0.2, -0.15) is 9.94 Å². The third-order valence-corrected chi connectivity index (χ3v) is 5.21. The molecule has 1 aromatic rings. The van der Waals surface area contributed by atoms with E-state index in [1.165, 1.54) is 11.1 Å². The van der Waals surface area contributed by atoms with E-state index >= 15 is 0 Å². The summed E-state index contributed by atoms with van der Waals surface area (Å²) in [6.07, 6.45) is 12.4. The Morgan fingerprint density at radius 1 is 1.29 bits per heavy atom. The number of methoxy groups -OCH3 is 1. The zero-order valence-corrected chi connectivity index (χ0v) is 17.5. The highest BCUT2D eigenvalue weighted by Gasteiger charge is 2.49. The first-order chi connectivity index (χ1) is 13.1. The topological polar surface area (TPSA) is 59.5 Å². The van der Waals surface area contributed by atoms with Gasteiger partial charge >= 0.3 is 5.88 Å². The van der Waals surface area contributed by atoms with Crippen LogP contribution in [0.1, 0.15) is 12.8 Å². The molecule has 3 aliphatic rings. The number of halogens is 1. The summed E-state index contributed by atoms with van der Waals surface area (Å²) in [6.45, 7) is 1.69. The number of fused-ring (bicyclic) bond motifs is 3. The van der Waals surface area contributed by atoms with Crippen molar-refractivity contribution in [3.8, 4) is 0 Å². The van der Waals surface area contributed by atoms with Crippen molar-refractivity contribution in [2.75, 3.05) is 46.7 Å². The Kier molecular flexibility index (Phi) is 5.90. The van der Waals surface area contributed by atoms with Crippen molar-refractivity contribution in [3.63, 3.8) is 0 Å². The highest BCUT2D eigenvalue weighted by Crippen LogP contribution is 2.43. The molecule has 0 amide bonds. The Labute approximate surface area is 171 Å². The lowest BCUT2D eigenvalue weighted by Crippen LogP contribution is -2.42. The summed E-state index contributed by atoms with van der Waals surface area (Å²) >= 11 is 0. The van der Waals surface area contributed by atoms with Crippen LogP contribution in [-0.4, -0.2) is 61.1 Å². The number of rotatable bonds is 6. The molecule has 150 valence electrons. The van der Waals surface area contributed by atoms with Crippen LogP contribution < -0.4 is 15.8 Å². The van der Waals surface area contributed by atoms with E-state index in [9.17, 15) is 0 Å².